The van der Waals surface area contributed by atoms with Crippen LogP contribution in [-0.4, -0.2) is 30.8 Å². The van der Waals surface area contributed by atoms with E-state index in [1.54, 1.807) is 36.4 Å². The van der Waals surface area contributed by atoms with Crippen molar-refractivity contribution in [2.45, 2.75) is 0 Å². The molecule has 1 amide bonds. The van der Waals surface area contributed by atoms with Gasteiger partial charge in [-0.1, -0.05) is 29.4 Å². The predicted molar refractivity (Wildman–Crippen MR) is 115 cm³/mol. The van der Waals surface area contributed by atoms with Crippen molar-refractivity contribution in [3.63, 3.8) is 0 Å². The van der Waals surface area contributed by atoms with E-state index < -0.39 is 17.5 Å². The lowest BCUT2D eigenvalue weighted by Gasteiger charge is -2.04. The van der Waals surface area contributed by atoms with Crippen LogP contribution in [0.3, 0.4) is 0 Å². The fourth-order valence-electron chi connectivity index (χ4n) is 3.05. The van der Waals surface area contributed by atoms with Crippen molar-refractivity contribution in [2.24, 2.45) is 0 Å². The normalized spacial score (nSPS) is 10.9. The zero-order chi connectivity index (χ0) is 22.1. The van der Waals surface area contributed by atoms with Crippen LogP contribution >= 0.6 is 11.3 Å². The Kier molecular flexibility index (Phi) is 4.92. The Morgan fingerprint density at radius 1 is 1.12 bits per heavy atom. The molecule has 11 heteroatoms. The molecule has 0 saturated carbocycles. The van der Waals surface area contributed by atoms with E-state index in [1.807, 2.05) is 17.5 Å². The van der Waals surface area contributed by atoms with Gasteiger partial charge in [-0.2, -0.15) is 0 Å². The second-order valence-corrected chi connectivity index (χ2v) is 7.55. The van der Waals surface area contributed by atoms with E-state index in [2.05, 4.69) is 30.1 Å². The van der Waals surface area contributed by atoms with Gasteiger partial charge in [0.2, 0.25) is 5.82 Å². The van der Waals surface area contributed by atoms with Crippen LogP contribution in [0.5, 0.6) is 0 Å². The van der Waals surface area contributed by atoms with Gasteiger partial charge in [0.25, 0.3) is 5.91 Å². The summed E-state index contributed by atoms with van der Waals surface area (Å²) >= 11 is 1.43. The van der Waals surface area contributed by atoms with Crippen molar-refractivity contribution in [1.82, 2.24) is 24.9 Å². The Hall–Kier alpha value is -4.38. The number of nitrogens with zero attached hydrogens (tertiary/aromatic N) is 4. The molecule has 0 atom stereocenters. The molecule has 32 heavy (non-hydrogen) atoms. The lowest BCUT2D eigenvalue weighted by molar-refractivity contribution is 0.101. The molecule has 3 heterocycles. The molecule has 0 spiro atoms. The Morgan fingerprint density at radius 2 is 2.00 bits per heavy atom. The number of hydrogen-bond acceptors (Lipinski definition) is 7. The molecule has 0 aliphatic heterocycles. The highest BCUT2D eigenvalue weighted by molar-refractivity contribution is 7.13. The number of anilines is 1. The standard InChI is InChI=1S/C21H13FN6O3S/c22-13-5-2-7-15(11-13)28-19(16-8-3-9-32-16)24-18(26-28)20(29)23-14-6-1-4-12(10-14)17-25-21(30)31-27-17/h1-11H,(H,23,29)(H,25,27,30). The van der Waals surface area contributed by atoms with E-state index in [-0.39, 0.29) is 11.6 Å². The molecule has 2 aromatic carbocycles. The molecule has 158 valence electrons. The summed E-state index contributed by atoms with van der Waals surface area (Å²) in [7, 11) is 0. The van der Waals surface area contributed by atoms with E-state index in [4.69, 9.17) is 0 Å². The first-order valence-electron chi connectivity index (χ1n) is 9.31. The topological polar surface area (TPSA) is 119 Å². The zero-order valence-electron chi connectivity index (χ0n) is 16.2. The van der Waals surface area contributed by atoms with Crippen LogP contribution in [0.1, 0.15) is 10.6 Å². The number of rotatable bonds is 5. The number of halogens is 1. The summed E-state index contributed by atoms with van der Waals surface area (Å²) < 4.78 is 19.7. The Bertz CT molecular complexity index is 1470. The van der Waals surface area contributed by atoms with E-state index >= 15 is 0 Å². The summed E-state index contributed by atoms with van der Waals surface area (Å²) in [5, 5.41) is 12.6. The summed E-state index contributed by atoms with van der Waals surface area (Å²) in [6.45, 7) is 0. The number of H-pyrrole nitrogens is 1. The number of thiophene rings is 1. The van der Waals surface area contributed by atoms with Gasteiger partial charge in [0.1, 0.15) is 5.82 Å². The van der Waals surface area contributed by atoms with Crippen molar-refractivity contribution in [1.29, 1.82) is 0 Å². The quantitative estimate of drug-likeness (QED) is 0.423. The van der Waals surface area contributed by atoms with E-state index in [0.29, 0.717) is 22.8 Å². The van der Waals surface area contributed by atoms with Crippen molar-refractivity contribution < 1.29 is 13.7 Å². The molecular weight excluding hydrogens is 435 g/mol. The van der Waals surface area contributed by atoms with Crippen LogP contribution in [0, 0.1) is 5.82 Å². The molecule has 0 fully saturated rings. The molecule has 5 rings (SSSR count). The highest BCUT2D eigenvalue weighted by atomic mass is 32.1. The van der Waals surface area contributed by atoms with Crippen molar-refractivity contribution in [3.8, 4) is 27.8 Å². The van der Waals surface area contributed by atoms with Gasteiger partial charge < -0.3 is 5.32 Å². The summed E-state index contributed by atoms with van der Waals surface area (Å²) in [6.07, 6.45) is 0. The fraction of sp³-hybridized carbons (Fsp3) is 0. The maximum atomic E-state index is 13.8. The van der Waals surface area contributed by atoms with Gasteiger partial charge in [-0.05, 0) is 41.8 Å². The minimum atomic E-state index is -0.678. The fourth-order valence-corrected chi connectivity index (χ4v) is 3.75. The maximum Gasteiger partial charge on any atom is 0.439 e. The predicted octanol–water partition coefficient (Wildman–Crippen LogP) is 3.73. The number of carbonyl (C=O) groups excluding carboxylic acids is 1. The first kappa shape index (κ1) is 19.6. The van der Waals surface area contributed by atoms with Crippen LogP contribution in [0.25, 0.3) is 27.8 Å². The van der Waals surface area contributed by atoms with Crippen molar-refractivity contribution >= 4 is 22.9 Å². The lowest BCUT2D eigenvalue weighted by atomic mass is 10.2. The lowest BCUT2D eigenvalue weighted by Crippen LogP contribution is -2.14. The minimum Gasteiger partial charge on any atom is -0.319 e. The highest BCUT2D eigenvalue weighted by Gasteiger charge is 2.20. The van der Waals surface area contributed by atoms with Crippen LogP contribution in [0.4, 0.5) is 10.1 Å². The second kappa shape index (κ2) is 8.04. The molecule has 0 radical (unpaired) electrons. The molecular formula is C21H13FN6O3S. The number of aromatic amines is 1. The summed E-state index contributed by atoms with van der Waals surface area (Å²) in [6, 6.07) is 16.3. The monoisotopic (exact) mass is 448 g/mol. The van der Waals surface area contributed by atoms with Crippen LogP contribution < -0.4 is 11.1 Å². The molecule has 3 aromatic heterocycles. The summed E-state index contributed by atoms with van der Waals surface area (Å²) in [4.78, 5) is 31.7. The van der Waals surface area contributed by atoms with E-state index in [1.165, 1.54) is 28.2 Å². The third-order valence-electron chi connectivity index (χ3n) is 4.44. The number of hydrogen-bond donors (Lipinski definition) is 2. The van der Waals surface area contributed by atoms with E-state index in [0.717, 1.165) is 4.88 Å². The molecule has 0 unspecified atom stereocenters. The van der Waals surface area contributed by atoms with Gasteiger partial charge in [0.15, 0.2) is 11.6 Å². The van der Waals surface area contributed by atoms with Gasteiger partial charge in [-0.15, -0.1) is 16.4 Å². The molecule has 9 nitrogen and oxygen atoms in total. The molecule has 0 bridgehead atoms. The third-order valence-corrected chi connectivity index (χ3v) is 5.30. The minimum absolute atomic E-state index is 0.0853. The second-order valence-electron chi connectivity index (χ2n) is 6.61. The number of nitrogens with one attached hydrogen (secondary N) is 2. The Labute approximate surface area is 183 Å². The number of carbonyl (C=O) groups is 1. The van der Waals surface area contributed by atoms with Gasteiger partial charge in [-0.25, -0.2) is 18.9 Å². The average Bonchev–Trinajstić information content (AvgIpc) is 3.54. The SMILES string of the molecule is O=C(Nc1cccc(-c2noc(=O)[nH]2)c1)c1nc(-c2cccs2)n(-c2cccc(F)c2)n1. The first-order valence-corrected chi connectivity index (χ1v) is 10.2. The van der Waals surface area contributed by atoms with Gasteiger partial charge >= 0.3 is 5.76 Å². The Balaban J connectivity index is 1.48. The first-order chi connectivity index (χ1) is 15.6. The van der Waals surface area contributed by atoms with Crippen molar-refractivity contribution in [2.75, 3.05) is 5.32 Å². The maximum absolute atomic E-state index is 13.8. The molecule has 0 saturated heterocycles. The van der Waals surface area contributed by atoms with Crippen LogP contribution in [-0.2, 0) is 0 Å². The number of aromatic nitrogens is 5. The molecule has 0 aliphatic carbocycles. The van der Waals surface area contributed by atoms with Crippen LogP contribution in [0.2, 0.25) is 0 Å². The van der Waals surface area contributed by atoms with Crippen LogP contribution in [0.15, 0.2) is 75.4 Å². The summed E-state index contributed by atoms with van der Waals surface area (Å²) in [5.74, 6) is -1.09. The van der Waals surface area contributed by atoms with Gasteiger partial charge in [0, 0.05) is 11.3 Å². The molecule has 0 aliphatic rings. The largest absolute Gasteiger partial charge is 0.439 e. The number of amides is 1. The highest BCUT2D eigenvalue weighted by Crippen LogP contribution is 2.26. The van der Waals surface area contributed by atoms with Crippen molar-refractivity contribution in [3.05, 3.63) is 88.2 Å². The Morgan fingerprint density at radius 3 is 2.75 bits per heavy atom. The molecule has 2 N–H and O–H groups in total. The zero-order valence-corrected chi connectivity index (χ0v) is 17.0. The summed E-state index contributed by atoms with van der Waals surface area (Å²) in [5.41, 5.74) is 1.43. The average molecular weight is 448 g/mol. The van der Waals surface area contributed by atoms with Gasteiger partial charge in [-0.3, -0.25) is 14.3 Å². The third kappa shape index (κ3) is 3.84. The van der Waals surface area contributed by atoms with Gasteiger partial charge in [0.05, 0.1) is 10.6 Å². The molecule has 5 aromatic rings. The number of benzene rings is 2. The van der Waals surface area contributed by atoms with E-state index in [9.17, 15) is 14.0 Å². The smallest absolute Gasteiger partial charge is 0.319 e.